The minimum absolute atomic E-state index is 0.0455. The summed E-state index contributed by atoms with van der Waals surface area (Å²) in [7, 11) is 0. The molecule has 0 spiro atoms. The second-order valence-electron chi connectivity index (χ2n) is 11.3. The number of hydrogen-bond acceptors (Lipinski definition) is 7. The molecule has 2 aliphatic rings. The highest BCUT2D eigenvalue weighted by atomic mass is 19.4. The molecule has 41 heavy (non-hydrogen) atoms. The molecule has 1 aromatic heterocycles. The number of benzene rings is 2. The van der Waals surface area contributed by atoms with E-state index in [1.165, 1.54) is 5.56 Å². The minimum Gasteiger partial charge on any atom is -0.395 e. The largest absolute Gasteiger partial charge is 0.421 e. The molecule has 8 nitrogen and oxygen atoms in total. The third kappa shape index (κ3) is 6.01. The molecule has 11 heteroatoms. The normalized spacial score (nSPS) is 17.3. The van der Waals surface area contributed by atoms with E-state index in [0.29, 0.717) is 29.4 Å². The Kier molecular flexibility index (Phi) is 7.93. The smallest absolute Gasteiger partial charge is 0.395 e. The van der Waals surface area contributed by atoms with Gasteiger partial charge in [0, 0.05) is 30.7 Å². The highest BCUT2D eigenvalue weighted by Gasteiger charge is 2.40. The van der Waals surface area contributed by atoms with Crippen molar-refractivity contribution in [3.8, 4) is 0 Å². The molecule has 3 aromatic rings. The van der Waals surface area contributed by atoms with Crippen LogP contribution in [0.2, 0.25) is 0 Å². The van der Waals surface area contributed by atoms with Crippen LogP contribution in [-0.2, 0) is 22.9 Å². The van der Waals surface area contributed by atoms with Crippen molar-refractivity contribution in [2.75, 3.05) is 42.2 Å². The van der Waals surface area contributed by atoms with Crippen molar-refractivity contribution in [1.82, 2.24) is 14.9 Å². The van der Waals surface area contributed by atoms with Crippen LogP contribution in [0.15, 0.2) is 42.6 Å². The highest BCUT2D eigenvalue weighted by molar-refractivity contribution is 6.06. The number of aryl methyl sites for hydroxylation is 1. The number of fused-ring (bicyclic) bond motifs is 1. The van der Waals surface area contributed by atoms with E-state index >= 15 is 0 Å². The number of nitrogens with zero attached hydrogens (tertiary/aromatic N) is 3. The van der Waals surface area contributed by atoms with Crippen molar-refractivity contribution in [3.05, 3.63) is 70.4 Å². The summed E-state index contributed by atoms with van der Waals surface area (Å²) in [5, 5.41) is 18.0. The van der Waals surface area contributed by atoms with Gasteiger partial charge in [-0.25, -0.2) is 4.98 Å². The molecule has 0 saturated carbocycles. The number of β-amino-alcohol motifs (C(OH)–C–C–N with tert-alkyl or cyclic N) is 1. The van der Waals surface area contributed by atoms with Crippen molar-refractivity contribution >= 4 is 29.0 Å². The zero-order valence-corrected chi connectivity index (χ0v) is 23.4. The molecule has 0 aliphatic carbocycles. The lowest BCUT2D eigenvalue weighted by Crippen LogP contribution is -2.34. The maximum absolute atomic E-state index is 13.9. The van der Waals surface area contributed by atoms with Gasteiger partial charge >= 0.3 is 6.18 Å². The third-order valence-corrected chi connectivity index (χ3v) is 8.10. The van der Waals surface area contributed by atoms with Gasteiger partial charge in [-0.3, -0.25) is 4.79 Å². The monoisotopic (exact) mass is 568 g/mol. The van der Waals surface area contributed by atoms with Crippen LogP contribution in [0.4, 0.5) is 36.3 Å². The molecule has 0 unspecified atom stereocenters. The van der Waals surface area contributed by atoms with Crippen LogP contribution in [0.3, 0.4) is 0 Å². The van der Waals surface area contributed by atoms with Crippen LogP contribution in [0.5, 0.6) is 0 Å². The van der Waals surface area contributed by atoms with Crippen molar-refractivity contribution < 1.29 is 23.1 Å². The van der Waals surface area contributed by atoms with E-state index in [0.717, 1.165) is 43.3 Å². The molecule has 0 radical (unpaired) electrons. The second kappa shape index (κ2) is 11.3. The quantitative estimate of drug-likeness (QED) is 0.282. The van der Waals surface area contributed by atoms with E-state index in [1.807, 2.05) is 19.1 Å². The molecule has 218 valence electrons. The van der Waals surface area contributed by atoms with Crippen LogP contribution < -0.4 is 16.0 Å². The first-order valence-electron chi connectivity index (χ1n) is 13.8. The van der Waals surface area contributed by atoms with Gasteiger partial charge in [-0.15, -0.1) is 0 Å². The SMILES string of the molecule is Cc1cc(C2CCN(CCO)CC2)ccc1Nc1ncc(C(F)(F)F)c(NCc2cccc3c2C(C)(C)C(=O)N3)n1. The van der Waals surface area contributed by atoms with Gasteiger partial charge in [0.15, 0.2) is 0 Å². The Labute approximate surface area is 237 Å². The lowest BCUT2D eigenvalue weighted by atomic mass is 9.83. The summed E-state index contributed by atoms with van der Waals surface area (Å²) in [6.45, 7) is 8.32. The maximum Gasteiger partial charge on any atom is 0.421 e. The van der Waals surface area contributed by atoms with E-state index in [9.17, 15) is 23.1 Å². The van der Waals surface area contributed by atoms with Crippen LogP contribution in [-0.4, -0.2) is 52.1 Å². The number of halogens is 3. The number of aliphatic hydroxyl groups is 1. The number of rotatable bonds is 8. The summed E-state index contributed by atoms with van der Waals surface area (Å²) in [6, 6.07) is 11.4. The fourth-order valence-electron chi connectivity index (χ4n) is 5.78. The average molecular weight is 569 g/mol. The van der Waals surface area contributed by atoms with Crippen LogP contribution in [0, 0.1) is 6.92 Å². The summed E-state index contributed by atoms with van der Waals surface area (Å²) >= 11 is 0. The van der Waals surface area contributed by atoms with Crippen molar-refractivity contribution in [2.45, 2.75) is 57.7 Å². The molecule has 3 heterocycles. The van der Waals surface area contributed by atoms with Crippen LogP contribution in [0.1, 0.15) is 60.4 Å². The predicted molar refractivity (Wildman–Crippen MR) is 152 cm³/mol. The molecule has 0 atom stereocenters. The lowest BCUT2D eigenvalue weighted by Gasteiger charge is -2.32. The van der Waals surface area contributed by atoms with Gasteiger partial charge < -0.3 is 26.0 Å². The fourth-order valence-corrected chi connectivity index (χ4v) is 5.78. The van der Waals surface area contributed by atoms with E-state index in [2.05, 4.69) is 36.9 Å². The first-order valence-corrected chi connectivity index (χ1v) is 13.8. The summed E-state index contributed by atoms with van der Waals surface area (Å²) in [5.41, 5.74) is 3.23. The fraction of sp³-hybridized carbons (Fsp3) is 0.433. The molecular weight excluding hydrogens is 533 g/mol. The van der Waals surface area contributed by atoms with Gasteiger partial charge in [0.25, 0.3) is 0 Å². The average Bonchev–Trinajstić information content (AvgIpc) is 3.17. The van der Waals surface area contributed by atoms with Gasteiger partial charge in [0.05, 0.1) is 12.0 Å². The first kappa shape index (κ1) is 28.8. The molecular formula is C30H35F3N6O2. The summed E-state index contributed by atoms with van der Waals surface area (Å²) in [5.74, 6) is -0.0283. The Morgan fingerprint density at radius 1 is 1.17 bits per heavy atom. The summed E-state index contributed by atoms with van der Waals surface area (Å²) in [4.78, 5) is 22.9. The minimum atomic E-state index is -4.65. The predicted octanol–water partition coefficient (Wildman–Crippen LogP) is 5.56. The van der Waals surface area contributed by atoms with Crippen LogP contribution in [0.25, 0.3) is 0 Å². The maximum atomic E-state index is 13.9. The van der Waals surface area contributed by atoms with Gasteiger partial charge in [-0.2, -0.15) is 18.2 Å². The van der Waals surface area contributed by atoms with Gasteiger partial charge in [-0.05, 0) is 87.0 Å². The zero-order valence-electron chi connectivity index (χ0n) is 23.4. The van der Waals surface area contributed by atoms with E-state index in [-0.39, 0.29) is 30.8 Å². The van der Waals surface area contributed by atoms with Crippen LogP contribution >= 0.6 is 0 Å². The Morgan fingerprint density at radius 2 is 1.93 bits per heavy atom. The summed E-state index contributed by atoms with van der Waals surface area (Å²) < 4.78 is 41.6. The number of alkyl halides is 3. The Morgan fingerprint density at radius 3 is 2.61 bits per heavy atom. The van der Waals surface area contributed by atoms with Gasteiger partial charge in [0.1, 0.15) is 11.4 Å². The Hall–Kier alpha value is -3.70. The van der Waals surface area contributed by atoms with Crippen molar-refractivity contribution in [2.24, 2.45) is 0 Å². The molecule has 1 fully saturated rings. The van der Waals surface area contributed by atoms with E-state index < -0.39 is 17.2 Å². The topological polar surface area (TPSA) is 102 Å². The molecule has 0 bridgehead atoms. The molecule has 1 amide bonds. The first-order chi connectivity index (χ1) is 19.5. The van der Waals surface area contributed by atoms with Gasteiger partial charge in [-0.1, -0.05) is 24.3 Å². The molecule has 5 rings (SSSR count). The summed E-state index contributed by atoms with van der Waals surface area (Å²) in [6.07, 6.45) is -1.85. The number of carbonyl (C=O) groups is 1. The number of nitrogens with one attached hydrogen (secondary N) is 3. The van der Waals surface area contributed by atoms with Gasteiger partial charge in [0.2, 0.25) is 11.9 Å². The second-order valence-corrected chi connectivity index (χ2v) is 11.3. The number of anilines is 4. The Balaban J connectivity index is 1.34. The van der Waals surface area contributed by atoms with Crippen molar-refractivity contribution in [3.63, 3.8) is 0 Å². The number of amides is 1. The molecule has 4 N–H and O–H groups in total. The molecule has 2 aliphatic heterocycles. The van der Waals surface area contributed by atoms with E-state index in [4.69, 9.17) is 0 Å². The Bertz CT molecular complexity index is 1430. The number of likely N-dealkylation sites (tertiary alicyclic amines) is 1. The number of hydrogen-bond donors (Lipinski definition) is 4. The van der Waals surface area contributed by atoms with Crippen molar-refractivity contribution in [1.29, 1.82) is 0 Å². The number of aromatic nitrogens is 2. The third-order valence-electron chi connectivity index (χ3n) is 8.10. The zero-order chi connectivity index (χ0) is 29.4. The highest BCUT2D eigenvalue weighted by Crippen LogP contribution is 2.40. The number of carbonyl (C=O) groups excluding carboxylic acids is 1. The molecule has 1 saturated heterocycles. The van der Waals surface area contributed by atoms with E-state index in [1.54, 1.807) is 32.0 Å². The number of aliphatic hydroxyl groups excluding tert-OH is 1. The lowest BCUT2D eigenvalue weighted by molar-refractivity contribution is -0.137. The standard InChI is InChI=1S/C30H35F3N6O2/c1-18-15-20(19-9-11-39(12-10-19)13-14-40)7-8-23(18)37-28-35-17-22(30(31,32)33)26(38-28)34-16-21-5-4-6-24-25(21)29(2,3)27(41)36-24/h4-8,15,17,19,40H,9-14,16H2,1-3H3,(H,36,41)(H2,34,35,37,38). The number of piperidine rings is 1. The molecule has 2 aromatic carbocycles.